The van der Waals surface area contributed by atoms with Crippen LogP contribution in [-0.2, 0) is 25.2 Å². The summed E-state index contributed by atoms with van der Waals surface area (Å²) in [4.78, 5) is 0. The van der Waals surface area contributed by atoms with Gasteiger partial charge in [0.1, 0.15) is 11.5 Å². The van der Waals surface area contributed by atoms with E-state index in [1.165, 1.54) is 58.9 Å². The van der Waals surface area contributed by atoms with E-state index in [9.17, 15) is 44.1 Å². The van der Waals surface area contributed by atoms with Gasteiger partial charge in [0.25, 0.3) is 0 Å². The Hall–Kier alpha value is -6.12. The lowest BCUT2D eigenvalue weighted by molar-refractivity contribution is 0.219. The Morgan fingerprint density at radius 1 is 0.394 bits per heavy atom. The van der Waals surface area contributed by atoms with Crippen LogP contribution >= 0.6 is 7.60 Å². The zero-order valence-electron chi connectivity index (χ0n) is 37.8. The van der Waals surface area contributed by atoms with E-state index in [1.54, 1.807) is 13.8 Å². The molecule has 0 aliphatic rings. The van der Waals surface area contributed by atoms with E-state index >= 15 is 35.1 Å². The maximum Gasteiger partial charge on any atom is 0.335 e. The molecule has 0 aromatic heterocycles. The van der Waals surface area contributed by atoms with Crippen LogP contribution in [0.3, 0.4) is 0 Å². The SMILES string of the molecule is CCOP(=O)(Cc1cc(C(C)(C)c2cc(C)c(Oc3c(F)c(F)c(-c4c(F)c(F)c(F)c(F)c4F)c(F)c3F)c(C)c2)cc(C)c1Oc1c(F)c(F)c(-c2c(F)c(F)c(C)c(F)c2F)c(F)c1F)OCC. The Kier molecular flexibility index (Phi) is 15.1. The molecule has 0 saturated heterocycles. The Morgan fingerprint density at radius 2 is 0.676 bits per heavy atom. The summed E-state index contributed by atoms with van der Waals surface area (Å²) >= 11 is 0. The van der Waals surface area contributed by atoms with Crippen molar-refractivity contribution in [3.05, 3.63) is 162 Å². The summed E-state index contributed by atoms with van der Waals surface area (Å²) in [5.41, 5.74) is -11.3. The number of aryl methyl sites for hydroxylation is 3. The molecule has 0 N–H and O–H groups in total. The molecular weight excluding hydrogens is 1010 g/mol. The van der Waals surface area contributed by atoms with Crippen LogP contribution in [0.1, 0.15) is 66.6 Å². The van der Waals surface area contributed by atoms with E-state index in [0.717, 1.165) is 0 Å². The highest BCUT2D eigenvalue weighted by Gasteiger charge is 2.38. The average molecular weight is 1040 g/mol. The highest BCUT2D eigenvalue weighted by atomic mass is 31.2. The fourth-order valence-electron chi connectivity index (χ4n) is 7.67. The summed E-state index contributed by atoms with van der Waals surface area (Å²) in [5.74, 6) is -47.4. The molecule has 0 fully saturated rings. The van der Waals surface area contributed by atoms with Crippen LogP contribution in [0.25, 0.3) is 22.3 Å². The molecule has 0 aliphatic heterocycles. The lowest BCUT2D eigenvalue weighted by Gasteiger charge is -2.30. The first-order chi connectivity index (χ1) is 33.0. The second kappa shape index (κ2) is 19.8. The molecule has 0 bridgehead atoms. The summed E-state index contributed by atoms with van der Waals surface area (Å²) < 4.78 is 289. The van der Waals surface area contributed by atoms with Crippen molar-refractivity contribution in [2.75, 3.05) is 13.2 Å². The van der Waals surface area contributed by atoms with E-state index in [-0.39, 0.29) is 41.0 Å². The van der Waals surface area contributed by atoms with Gasteiger partial charge in [-0.1, -0.05) is 38.1 Å². The zero-order chi connectivity index (χ0) is 53.3. The van der Waals surface area contributed by atoms with Gasteiger partial charge in [-0.05, 0) is 69.4 Å². The van der Waals surface area contributed by atoms with Gasteiger partial charge in [-0.2, -0.15) is 17.6 Å². The van der Waals surface area contributed by atoms with Crippen LogP contribution in [0.5, 0.6) is 23.0 Å². The standard InChI is InChI=1S/C48H34F17O5P/c1-9-67-71(66,68-10-2)15-20-14-22(13-18(5)45(20)70-47-42(64)33(55)25(34(56)43(47)65)23-29(51)27(49)19(6)28(50)30(23)52)48(7,8)21-11-16(3)44(17(4)12-21)69-46-40(62)35(57)26(36(58)41(46)63)24-31(53)37(59)39(61)38(60)32(24)54/h11-14H,9-10,15H2,1-8H3. The van der Waals surface area contributed by atoms with Gasteiger partial charge in [0.2, 0.25) is 40.6 Å². The van der Waals surface area contributed by atoms with Crippen LogP contribution in [0.15, 0.2) is 24.3 Å². The highest BCUT2D eigenvalue weighted by molar-refractivity contribution is 7.53. The van der Waals surface area contributed by atoms with Gasteiger partial charge in [-0.15, -0.1) is 0 Å². The Morgan fingerprint density at radius 3 is 1.03 bits per heavy atom. The van der Waals surface area contributed by atoms with E-state index in [4.69, 9.17) is 18.5 Å². The number of hydrogen-bond acceptors (Lipinski definition) is 5. The molecule has 380 valence electrons. The van der Waals surface area contributed by atoms with Crippen LogP contribution in [0.4, 0.5) is 74.6 Å². The lowest BCUT2D eigenvalue weighted by Crippen LogP contribution is -2.20. The summed E-state index contributed by atoms with van der Waals surface area (Å²) in [6, 6.07) is 5.26. The minimum Gasteiger partial charge on any atom is -0.450 e. The quantitative estimate of drug-likeness (QED) is 0.0471. The molecule has 6 aromatic carbocycles. The van der Waals surface area contributed by atoms with Crippen LogP contribution < -0.4 is 9.47 Å². The Labute approximate surface area is 392 Å². The maximum atomic E-state index is 15.8. The second-order valence-corrected chi connectivity index (χ2v) is 18.3. The summed E-state index contributed by atoms with van der Waals surface area (Å²) in [5, 5.41) is 0. The molecule has 0 heterocycles. The minimum atomic E-state index is -4.24. The molecule has 5 nitrogen and oxygen atoms in total. The van der Waals surface area contributed by atoms with E-state index < -0.39 is 169 Å². The van der Waals surface area contributed by atoms with Gasteiger partial charge in [-0.25, -0.2) is 57.1 Å². The number of rotatable bonds is 14. The van der Waals surface area contributed by atoms with E-state index in [0.29, 0.717) is 12.5 Å². The number of hydrogen-bond donors (Lipinski definition) is 0. The fraction of sp³-hybridized carbons (Fsp3) is 0.250. The molecule has 0 amide bonds. The topological polar surface area (TPSA) is 54.0 Å². The van der Waals surface area contributed by atoms with Gasteiger partial charge >= 0.3 is 7.60 Å². The highest BCUT2D eigenvalue weighted by Crippen LogP contribution is 2.54. The van der Waals surface area contributed by atoms with Crippen molar-refractivity contribution >= 4 is 7.60 Å². The first-order valence-corrected chi connectivity index (χ1v) is 22.3. The zero-order valence-corrected chi connectivity index (χ0v) is 38.7. The molecule has 0 spiro atoms. The van der Waals surface area contributed by atoms with E-state index in [2.05, 4.69) is 0 Å². The number of ether oxygens (including phenoxy) is 2. The van der Waals surface area contributed by atoms with Crippen molar-refractivity contribution in [2.24, 2.45) is 0 Å². The summed E-state index contributed by atoms with van der Waals surface area (Å²) in [6.07, 6.45) is -0.766. The predicted molar refractivity (Wildman–Crippen MR) is 222 cm³/mol. The second-order valence-electron chi connectivity index (χ2n) is 16.3. The largest absolute Gasteiger partial charge is 0.450 e. The molecule has 71 heavy (non-hydrogen) atoms. The van der Waals surface area contributed by atoms with Gasteiger partial charge in [-0.3, -0.25) is 4.57 Å². The third kappa shape index (κ3) is 9.22. The minimum absolute atomic E-state index is 0.0139. The van der Waals surface area contributed by atoms with E-state index in [1.807, 2.05) is 0 Å². The molecule has 0 aliphatic carbocycles. The Bertz CT molecular complexity index is 3100. The third-order valence-electron chi connectivity index (χ3n) is 11.3. The summed E-state index contributed by atoms with van der Waals surface area (Å²) in [6.45, 7) is 10.0. The molecule has 0 atom stereocenters. The molecule has 0 unspecified atom stereocenters. The van der Waals surface area contributed by atoms with Crippen molar-refractivity contribution in [3.63, 3.8) is 0 Å². The first kappa shape index (κ1) is 54.2. The van der Waals surface area contributed by atoms with Gasteiger partial charge in [0, 0.05) is 16.5 Å². The predicted octanol–water partition coefficient (Wildman–Crippen LogP) is 16.3. The fourth-order valence-corrected chi connectivity index (χ4v) is 9.37. The molecule has 0 radical (unpaired) electrons. The molecule has 6 aromatic rings. The normalized spacial score (nSPS) is 12.1. The van der Waals surface area contributed by atoms with Gasteiger partial charge in [0.05, 0.1) is 41.6 Å². The molecule has 23 heteroatoms. The Balaban J connectivity index is 1.46. The average Bonchev–Trinajstić information content (AvgIpc) is 3.31. The van der Waals surface area contributed by atoms with Crippen molar-refractivity contribution < 1.29 is 97.7 Å². The van der Waals surface area contributed by atoms with Gasteiger partial charge < -0.3 is 18.5 Å². The smallest absolute Gasteiger partial charge is 0.335 e. The lowest BCUT2D eigenvalue weighted by atomic mass is 9.76. The van der Waals surface area contributed by atoms with Crippen LogP contribution in [-0.4, -0.2) is 13.2 Å². The van der Waals surface area contributed by atoms with Crippen molar-refractivity contribution in [1.82, 2.24) is 0 Å². The van der Waals surface area contributed by atoms with Crippen LogP contribution in [0.2, 0.25) is 0 Å². The molecule has 0 saturated carbocycles. The summed E-state index contributed by atoms with van der Waals surface area (Å²) in [7, 11) is -4.24. The maximum absolute atomic E-state index is 15.8. The monoisotopic (exact) mass is 1040 g/mol. The molecular formula is C48H34F17O5P. The van der Waals surface area contributed by atoms with Crippen LogP contribution in [0, 0.1) is 127 Å². The number of halogens is 17. The van der Waals surface area contributed by atoms with Crippen molar-refractivity contribution in [3.8, 4) is 45.3 Å². The number of benzene rings is 6. The molecule has 6 rings (SSSR count). The first-order valence-electron chi connectivity index (χ1n) is 20.5. The van der Waals surface area contributed by atoms with Crippen molar-refractivity contribution in [2.45, 2.75) is 67.0 Å². The third-order valence-corrected chi connectivity index (χ3v) is 13.3. The van der Waals surface area contributed by atoms with Gasteiger partial charge in [0.15, 0.2) is 69.8 Å². The van der Waals surface area contributed by atoms with Crippen molar-refractivity contribution in [1.29, 1.82) is 0 Å².